The Balaban J connectivity index is 1.99. The Morgan fingerprint density at radius 1 is 1.08 bits per heavy atom. The number of hydrogen-bond donors (Lipinski definition) is 1. The van der Waals surface area contributed by atoms with Gasteiger partial charge in [0, 0.05) is 22.0 Å². The van der Waals surface area contributed by atoms with E-state index in [-0.39, 0.29) is 11.5 Å². The second-order valence-corrected chi connectivity index (χ2v) is 6.88. The van der Waals surface area contributed by atoms with Crippen molar-refractivity contribution in [3.8, 4) is 27.9 Å². The van der Waals surface area contributed by atoms with E-state index in [9.17, 15) is 5.26 Å². The number of nitriles is 1. The van der Waals surface area contributed by atoms with Crippen molar-refractivity contribution in [3.63, 3.8) is 0 Å². The summed E-state index contributed by atoms with van der Waals surface area (Å²) >= 11 is 1.62. The van der Waals surface area contributed by atoms with Gasteiger partial charge in [-0.15, -0.1) is 11.3 Å². The average Bonchev–Trinajstić information content (AvgIpc) is 3.07. The van der Waals surface area contributed by atoms with E-state index in [1.54, 1.807) is 17.5 Å². The predicted octanol–water partition coefficient (Wildman–Crippen LogP) is 4.18. The van der Waals surface area contributed by atoms with Crippen LogP contribution in [0.4, 0.5) is 5.82 Å². The van der Waals surface area contributed by atoms with Crippen molar-refractivity contribution in [1.29, 1.82) is 5.26 Å². The number of aryl methyl sites for hydroxylation is 1. The van der Waals surface area contributed by atoms with Gasteiger partial charge in [-0.2, -0.15) is 5.26 Å². The molecule has 0 atom stereocenters. The molecule has 3 aromatic heterocycles. The van der Waals surface area contributed by atoms with Gasteiger partial charge in [-0.3, -0.25) is 4.98 Å². The molecular weight excluding hydrogens is 330 g/mol. The molecule has 5 nitrogen and oxygen atoms in total. The van der Waals surface area contributed by atoms with Crippen molar-refractivity contribution in [2.24, 2.45) is 0 Å². The standard InChI is InChI=1S/C19H13N5S/c1-11-4-7-16(25-11)18-17(23-15(10-20)19(21)24-18)13-5-6-14-12(9-13)3-2-8-22-14/h2-9H,1H3,(H2,21,24). The van der Waals surface area contributed by atoms with Gasteiger partial charge in [0.05, 0.1) is 16.1 Å². The minimum atomic E-state index is 0.137. The summed E-state index contributed by atoms with van der Waals surface area (Å²) in [5.41, 5.74) is 9.18. The van der Waals surface area contributed by atoms with Crippen LogP contribution in [0.15, 0.2) is 48.7 Å². The quantitative estimate of drug-likeness (QED) is 0.590. The van der Waals surface area contributed by atoms with E-state index in [4.69, 9.17) is 5.73 Å². The lowest BCUT2D eigenvalue weighted by atomic mass is 10.1. The number of nitrogen functional groups attached to an aromatic ring is 1. The lowest BCUT2D eigenvalue weighted by Crippen LogP contribution is -2.02. The van der Waals surface area contributed by atoms with E-state index < -0.39 is 0 Å². The molecule has 0 unspecified atom stereocenters. The number of thiophene rings is 1. The highest BCUT2D eigenvalue weighted by atomic mass is 32.1. The molecule has 120 valence electrons. The molecule has 0 amide bonds. The van der Waals surface area contributed by atoms with Crippen molar-refractivity contribution in [2.45, 2.75) is 6.92 Å². The van der Waals surface area contributed by atoms with Gasteiger partial charge in [-0.05, 0) is 37.3 Å². The fourth-order valence-electron chi connectivity index (χ4n) is 2.69. The topological polar surface area (TPSA) is 88.5 Å². The molecule has 0 saturated heterocycles. The van der Waals surface area contributed by atoms with Gasteiger partial charge in [0.2, 0.25) is 0 Å². The summed E-state index contributed by atoms with van der Waals surface area (Å²) < 4.78 is 0. The molecule has 0 radical (unpaired) electrons. The first kappa shape index (κ1) is 15.2. The number of aromatic nitrogens is 3. The number of rotatable bonds is 2. The van der Waals surface area contributed by atoms with Gasteiger partial charge in [0.25, 0.3) is 0 Å². The van der Waals surface area contributed by atoms with Crippen molar-refractivity contribution >= 4 is 28.1 Å². The van der Waals surface area contributed by atoms with Crippen molar-refractivity contribution < 1.29 is 0 Å². The maximum Gasteiger partial charge on any atom is 0.183 e. The lowest BCUT2D eigenvalue weighted by molar-refractivity contribution is 1.19. The summed E-state index contributed by atoms with van der Waals surface area (Å²) in [5, 5.41) is 10.3. The number of nitrogens with two attached hydrogens (primary N) is 1. The third kappa shape index (κ3) is 2.71. The van der Waals surface area contributed by atoms with E-state index in [0.717, 1.165) is 21.3 Å². The normalized spacial score (nSPS) is 10.7. The first-order valence-corrected chi connectivity index (χ1v) is 8.47. The molecule has 4 rings (SSSR count). The minimum absolute atomic E-state index is 0.137. The Bertz CT molecular complexity index is 1140. The monoisotopic (exact) mass is 343 g/mol. The molecule has 0 aliphatic rings. The predicted molar refractivity (Wildman–Crippen MR) is 99.9 cm³/mol. The third-order valence-corrected chi connectivity index (χ3v) is 4.89. The zero-order chi connectivity index (χ0) is 17.4. The van der Waals surface area contributed by atoms with Gasteiger partial charge in [0.1, 0.15) is 11.8 Å². The van der Waals surface area contributed by atoms with Crippen LogP contribution in [-0.2, 0) is 0 Å². The molecule has 3 heterocycles. The Morgan fingerprint density at radius 3 is 2.72 bits per heavy atom. The Hall–Kier alpha value is -3.30. The van der Waals surface area contributed by atoms with E-state index in [0.29, 0.717) is 11.4 Å². The van der Waals surface area contributed by atoms with Crippen LogP contribution in [0, 0.1) is 18.3 Å². The third-order valence-electron chi connectivity index (χ3n) is 3.88. The molecule has 0 spiro atoms. The molecule has 0 aliphatic heterocycles. The molecule has 0 bridgehead atoms. The van der Waals surface area contributed by atoms with E-state index in [2.05, 4.69) is 15.0 Å². The summed E-state index contributed by atoms with van der Waals surface area (Å²) in [6.45, 7) is 2.04. The summed E-state index contributed by atoms with van der Waals surface area (Å²) in [6, 6.07) is 15.8. The minimum Gasteiger partial charge on any atom is -0.381 e. The SMILES string of the molecule is Cc1ccc(-c2nc(N)c(C#N)nc2-c2ccc3ncccc3c2)s1. The second-order valence-electron chi connectivity index (χ2n) is 5.59. The zero-order valence-corrected chi connectivity index (χ0v) is 14.2. The highest BCUT2D eigenvalue weighted by Crippen LogP contribution is 2.35. The Labute approximate surface area is 148 Å². The lowest BCUT2D eigenvalue weighted by Gasteiger charge is -2.09. The van der Waals surface area contributed by atoms with E-state index >= 15 is 0 Å². The maximum atomic E-state index is 9.29. The van der Waals surface area contributed by atoms with Crippen molar-refractivity contribution in [1.82, 2.24) is 15.0 Å². The van der Waals surface area contributed by atoms with Crippen LogP contribution >= 0.6 is 11.3 Å². The summed E-state index contributed by atoms with van der Waals surface area (Å²) in [6.07, 6.45) is 1.76. The number of fused-ring (bicyclic) bond motifs is 1. The first-order valence-electron chi connectivity index (χ1n) is 7.65. The van der Waals surface area contributed by atoms with E-state index in [1.807, 2.05) is 55.5 Å². The van der Waals surface area contributed by atoms with Gasteiger partial charge < -0.3 is 5.73 Å². The van der Waals surface area contributed by atoms with Crippen LogP contribution in [0.3, 0.4) is 0 Å². The number of pyridine rings is 1. The smallest absolute Gasteiger partial charge is 0.183 e. The number of benzene rings is 1. The maximum absolute atomic E-state index is 9.29. The fourth-order valence-corrected chi connectivity index (χ4v) is 3.55. The molecule has 2 N–H and O–H groups in total. The van der Waals surface area contributed by atoms with Crippen LogP contribution in [-0.4, -0.2) is 15.0 Å². The number of anilines is 1. The van der Waals surface area contributed by atoms with Gasteiger partial charge in [-0.25, -0.2) is 9.97 Å². The molecule has 6 heteroatoms. The highest BCUT2D eigenvalue weighted by molar-refractivity contribution is 7.15. The highest BCUT2D eigenvalue weighted by Gasteiger charge is 2.17. The van der Waals surface area contributed by atoms with Crippen LogP contribution < -0.4 is 5.73 Å². The number of hydrogen-bond acceptors (Lipinski definition) is 6. The molecule has 0 saturated carbocycles. The van der Waals surface area contributed by atoms with Crippen LogP contribution in [0.2, 0.25) is 0 Å². The van der Waals surface area contributed by atoms with Crippen molar-refractivity contribution in [3.05, 3.63) is 59.2 Å². The molecule has 25 heavy (non-hydrogen) atoms. The van der Waals surface area contributed by atoms with Crippen LogP contribution in [0.25, 0.3) is 32.7 Å². The van der Waals surface area contributed by atoms with Gasteiger partial charge in [0.15, 0.2) is 11.5 Å². The number of nitrogens with zero attached hydrogens (tertiary/aromatic N) is 4. The first-order chi connectivity index (χ1) is 12.2. The van der Waals surface area contributed by atoms with Crippen LogP contribution in [0.1, 0.15) is 10.6 Å². The zero-order valence-electron chi connectivity index (χ0n) is 13.4. The van der Waals surface area contributed by atoms with Crippen LogP contribution in [0.5, 0.6) is 0 Å². The molecule has 0 aliphatic carbocycles. The summed E-state index contributed by atoms with van der Waals surface area (Å²) in [4.78, 5) is 15.5. The van der Waals surface area contributed by atoms with E-state index in [1.165, 1.54) is 4.88 Å². The molecule has 4 aromatic rings. The van der Waals surface area contributed by atoms with Gasteiger partial charge in [-0.1, -0.05) is 12.1 Å². The Morgan fingerprint density at radius 2 is 1.96 bits per heavy atom. The summed E-state index contributed by atoms with van der Waals surface area (Å²) in [5.74, 6) is 0.148. The largest absolute Gasteiger partial charge is 0.381 e. The Kier molecular flexibility index (Phi) is 3.64. The molecular formula is C19H13N5S. The van der Waals surface area contributed by atoms with Gasteiger partial charge >= 0.3 is 0 Å². The molecule has 0 fully saturated rings. The average molecular weight is 343 g/mol. The summed E-state index contributed by atoms with van der Waals surface area (Å²) in [7, 11) is 0. The van der Waals surface area contributed by atoms with Crippen molar-refractivity contribution in [2.75, 3.05) is 5.73 Å². The fraction of sp³-hybridized carbons (Fsp3) is 0.0526. The second kappa shape index (κ2) is 5.96. The molecule has 1 aromatic carbocycles.